The Morgan fingerprint density at radius 3 is 3.15 bits per heavy atom. The lowest BCUT2D eigenvalue weighted by Gasteiger charge is -2.36. The van der Waals surface area contributed by atoms with E-state index in [-0.39, 0.29) is 0 Å². The Morgan fingerprint density at radius 2 is 2.19 bits per heavy atom. The van der Waals surface area contributed by atoms with Crippen LogP contribution in [0.3, 0.4) is 0 Å². The van der Waals surface area contributed by atoms with Gasteiger partial charge in [-0.25, -0.2) is 9.50 Å². The van der Waals surface area contributed by atoms with Crippen molar-refractivity contribution in [1.29, 1.82) is 0 Å². The maximum Gasteiger partial charge on any atom is 0.252 e. The van der Waals surface area contributed by atoms with Gasteiger partial charge in [0.15, 0.2) is 0 Å². The van der Waals surface area contributed by atoms with Crippen LogP contribution in [0.1, 0.15) is 35.7 Å². The Bertz CT molecular complexity index is 953. The molecule has 3 aromatic rings. The van der Waals surface area contributed by atoms with Gasteiger partial charge in [0.2, 0.25) is 0 Å². The largest absolute Gasteiger partial charge is 0.493 e. The van der Waals surface area contributed by atoms with Crippen LogP contribution in [0.2, 0.25) is 0 Å². The van der Waals surface area contributed by atoms with E-state index in [1.807, 2.05) is 11.4 Å². The summed E-state index contributed by atoms with van der Waals surface area (Å²) in [6.07, 6.45) is 5.12. The zero-order valence-corrected chi connectivity index (χ0v) is 15.7. The molecular weight excluding hydrogens is 338 g/mol. The van der Waals surface area contributed by atoms with Crippen LogP contribution in [0.5, 0.6) is 5.75 Å². The molecule has 2 aliphatic heterocycles. The molecule has 0 spiro atoms. The van der Waals surface area contributed by atoms with Crippen LogP contribution in [0.15, 0.2) is 36.7 Å². The normalized spacial score (nSPS) is 23.1. The molecule has 2 unspecified atom stereocenters. The minimum absolute atomic E-state index is 0.474. The molecule has 6 nitrogen and oxygen atoms in total. The Hall–Kier alpha value is -2.47. The van der Waals surface area contributed by atoms with Crippen LogP contribution in [-0.2, 0) is 6.42 Å². The van der Waals surface area contributed by atoms with E-state index in [1.54, 1.807) is 6.33 Å². The van der Waals surface area contributed by atoms with Gasteiger partial charge < -0.3 is 9.64 Å². The summed E-state index contributed by atoms with van der Waals surface area (Å²) in [6, 6.07) is 10.6. The van der Waals surface area contributed by atoms with Crippen molar-refractivity contribution >= 4 is 5.78 Å². The minimum atomic E-state index is 0.474. The third kappa shape index (κ3) is 3.30. The molecule has 6 heteroatoms. The van der Waals surface area contributed by atoms with Crippen molar-refractivity contribution in [2.75, 3.05) is 26.2 Å². The topological polar surface area (TPSA) is 55.6 Å². The Labute approximate surface area is 159 Å². The molecule has 140 valence electrons. The van der Waals surface area contributed by atoms with E-state index in [1.165, 1.54) is 30.6 Å². The number of benzene rings is 1. The van der Waals surface area contributed by atoms with E-state index in [2.05, 4.69) is 50.3 Å². The number of para-hydroxylation sites is 1. The van der Waals surface area contributed by atoms with Crippen molar-refractivity contribution < 1.29 is 4.74 Å². The predicted molar refractivity (Wildman–Crippen MR) is 103 cm³/mol. The third-order valence-electron chi connectivity index (χ3n) is 5.80. The van der Waals surface area contributed by atoms with E-state index < -0.39 is 0 Å². The molecule has 1 saturated heterocycles. The molecule has 2 aromatic heterocycles. The first kappa shape index (κ1) is 16.7. The fraction of sp³-hybridized carbons (Fsp3) is 0.476. The number of nitrogens with zero attached hydrogens (tertiary/aromatic N) is 5. The lowest BCUT2D eigenvalue weighted by atomic mass is 9.91. The number of hydrogen-bond acceptors (Lipinski definition) is 5. The fourth-order valence-electron chi connectivity index (χ4n) is 4.59. The van der Waals surface area contributed by atoms with Gasteiger partial charge in [-0.3, -0.25) is 0 Å². The molecule has 4 heterocycles. The van der Waals surface area contributed by atoms with E-state index in [9.17, 15) is 0 Å². The van der Waals surface area contributed by atoms with Gasteiger partial charge in [-0.15, -0.1) is 0 Å². The second kappa shape index (κ2) is 6.93. The number of piperidine rings is 1. The molecule has 0 radical (unpaired) electrons. The van der Waals surface area contributed by atoms with Crippen LogP contribution in [-0.4, -0.2) is 50.7 Å². The molecule has 1 fully saturated rings. The number of aromatic nitrogens is 4. The monoisotopic (exact) mass is 363 g/mol. The van der Waals surface area contributed by atoms with Crippen molar-refractivity contribution in [2.24, 2.45) is 5.92 Å². The van der Waals surface area contributed by atoms with Crippen molar-refractivity contribution in [2.45, 2.75) is 32.1 Å². The fourth-order valence-corrected chi connectivity index (χ4v) is 4.59. The highest BCUT2D eigenvalue weighted by Crippen LogP contribution is 2.30. The molecule has 27 heavy (non-hydrogen) atoms. The second-order valence-corrected chi connectivity index (χ2v) is 7.88. The lowest BCUT2D eigenvalue weighted by Crippen LogP contribution is -2.40. The van der Waals surface area contributed by atoms with Crippen LogP contribution in [0.4, 0.5) is 0 Å². The van der Waals surface area contributed by atoms with Crippen molar-refractivity contribution in [3.05, 3.63) is 53.6 Å². The Morgan fingerprint density at radius 1 is 1.26 bits per heavy atom. The second-order valence-electron chi connectivity index (χ2n) is 7.88. The van der Waals surface area contributed by atoms with Crippen molar-refractivity contribution in [3.8, 4) is 5.75 Å². The molecule has 0 bridgehead atoms. The van der Waals surface area contributed by atoms with E-state index in [0.29, 0.717) is 17.6 Å². The smallest absolute Gasteiger partial charge is 0.252 e. The summed E-state index contributed by atoms with van der Waals surface area (Å²) in [4.78, 5) is 11.4. The van der Waals surface area contributed by atoms with Crippen LogP contribution >= 0.6 is 0 Å². The number of aryl methyl sites for hydroxylation is 1. The predicted octanol–water partition coefficient (Wildman–Crippen LogP) is 2.86. The first-order chi connectivity index (χ1) is 13.3. The average molecular weight is 363 g/mol. The van der Waals surface area contributed by atoms with Gasteiger partial charge >= 0.3 is 0 Å². The van der Waals surface area contributed by atoms with Crippen LogP contribution in [0, 0.1) is 12.8 Å². The van der Waals surface area contributed by atoms with E-state index >= 15 is 0 Å². The summed E-state index contributed by atoms with van der Waals surface area (Å²) in [5.74, 6) is 2.80. The summed E-state index contributed by atoms with van der Waals surface area (Å²) in [6.45, 7) is 6.18. The van der Waals surface area contributed by atoms with Gasteiger partial charge in [-0.1, -0.05) is 18.2 Å². The maximum atomic E-state index is 5.99. The molecule has 5 rings (SSSR count). The summed E-state index contributed by atoms with van der Waals surface area (Å²) < 4.78 is 7.91. The highest BCUT2D eigenvalue weighted by atomic mass is 16.5. The number of fused-ring (bicyclic) bond motifs is 2. The molecular formula is C21H25N5O. The van der Waals surface area contributed by atoms with Crippen molar-refractivity contribution in [3.63, 3.8) is 0 Å². The average Bonchev–Trinajstić information content (AvgIpc) is 3.16. The van der Waals surface area contributed by atoms with Crippen LogP contribution in [0.25, 0.3) is 5.78 Å². The quantitative estimate of drug-likeness (QED) is 0.716. The zero-order chi connectivity index (χ0) is 18.2. The van der Waals surface area contributed by atoms with E-state index in [4.69, 9.17) is 4.74 Å². The number of rotatable bonds is 3. The molecule has 2 aliphatic rings. The highest BCUT2D eigenvalue weighted by molar-refractivity contribution is 5.35. The Kier molecular flexibility index (Phi) is 4.28. The lowest BCUT2D eigenvalue weighted by molar-refractivity contribution is 0.134. The first-order valence-electron chi connectivity index (χ1n) is 9.86. The van der Waals surface area contributed by atoms with Gasteiger partial charge in [-0.05, 0) is 50.4 Å². The molecule has 0 N–H and O–H groups in total. The van der Waals surface area contributed by atoms with E-state index in [0.717, 1.165) is 37.6 Å². The zero-order valence-electron chi connectivity index (χ0n) is 15.7. The summed E-state index contributed by atoms with van der Waals surface area (Å²) in [5.41, 5.74) is 3.60. The number of likely N-dealkylation sites (tertiary alicyclic amines) is 1. The van der Waals surface area contributed by atoms with Gasteiger partial charge in [0.05, 0.1) is 12.3 Å². The Balaban J connectivity index is 1.31. The maximum absolute atomic E-state index is 5.99. The van der Waals surface area contributed by atoms with Gasteiger partial charge in [-0.2, -0.15) is 10.1 Å². The van der Waals surface area contributed by atoms with Crippen LogP contribution < -0.4 is 4.74 Å². The van der Waals surface area contributed by atoms with Gasteiger partial charge in [0.25, 0.3) is 5.78 Å². The molecule has 0 saturated carbocycles. The van der Waals surface area contributed by atoms with Gasteiger partial charge in [0.1, 0.15) is 12.1 Å². The standard InChI is InChI=1S/C21H25N5O/c1-15-9-19(26-21(24-15)22-14-23-26)18-6-4-8-25(12-18)11-16-10-17-5-2-3-7-20(17)27-13-16/h2-3,5,7,9,14,16,18H,4,6,8,10-13H2,1H3. The summed E-state index contributed by atoms with van der Waals surface area (Å²) in [7, 11) is 0. The molecule has 2 atom stereocenters. The minimum Gasteiger partial charge on any atom is -0.493 e. The first-order valence-corrected chi connectivity index (χ1v) is 9.86. The molecule has 0 aliphatic carbocycles. The SMILES string of the molecule is Cc1cc(C2CCCN(CC3COc4ccccc4C3)C2)n2ncnc2n1. The summed E-state index contributed by atoms with van der Waals surface area (Å²) >= 11 is 0. The molecule has 0 amide bonds. The number of ether oxygens (including phenoxy) is 1. The summed E-state index contributed by atoms with van der Waals surface area (Å²) in [5, 5.41) is 4.41. The number of hydrogen-bond donors (Lipinski definition) is 0. The third-order valence-corrected chi connectivity index (χ3v) is 5.80. The molecule has 1 aromatic carbocycles. The highest BCUT2D eigenvalue weighted by Gasteiger charge is 2.28. The van der Waals surface area contributed by atoms with Crippen molar-refractivity contribution in [1.82, 2.24) is 24.5 Å². The van der Waals surface area contributed by atoms with Gasteiger partial charge in [0, 0.05) is 30.6 Å².